The molecular formula is C20H16F3N3O4. The van der Waals surface area contributed by atoms with Crippen LogP contribution in [0.5, 0.6) is 0 Å². The molecule has 1 aliphatic rings. The Balaban J connectivity index is 1.98. The Labute approximate surface area is 167 Å². The van der Waals surface area contributed by atoms with Crippen molar-refractivity contribution < 1.29 is 27.8 Å². The Bertz CT molecular complexity index is 1230. The number of hydrogen-bond donors (Lipinski definition) is 1. The van der Waals surface area contributed by atoms with Crippen LogP contribution in [0.1, 0.15) is 17.3 Å². The van der Waals surface area contributed by atoms with Gasteiger partial charge in [0.1, 0.15) is 22.9 Å². The molecule has 0 radical (unpaired) electrons. The average molecular weight is 419 g/mol. The standard InChI is InChI=1S/C20H16F3N3O4/c1-20(30-2)8-25(9-20)15-4-3-11-17(27)12(19(28)29)7-26(18(11)24-15)16-13(22)5-10(21)6-14(16)23/h3-7H,8-9H2,1-2H3,(H,28,29). The first-order chi connectivity index (χ1) is 14.1. The number of nitrogens with zero attached hydrogens (tertiary/aromatic N) is 3. The van der Waals surface area contributed by atoms with Crippen LogP contribution in [0.25, 0.3) is 16.7 Å². The fourth-order valence-corrected chi connectivity index (χ4v) is 3.51. The highest BCUT2D eigenvalue weighted by Gasteiger charge is 2.39. The third kappa shape index (κ3) is 3.09. The van der Waals surface area contributed by atoms with Crippen molar-refractivity contribution in [2.45, 2.75) is 12.5 Å². The van der Waals surface area contributed by atoms with E-state index in [0.29, 0.717) is 31.0 Å². The summed E-state index contributed by atoms with van der Waals surface area (Å²) < 4.78 is 48.5. The maximum absolute atomic E-state index is 14.5. The normalized spacial score (nSPS) is 15.3. The third-order valence-electron chi connectivity index (χ3n) is 5.16. The van der Waals surface area contributed by atoms with Crippen molar-refractivity contribution >= 4 is 22.8 Å². The minimum absolute atomic E-state index is 0.142. The molecule has 0 atom stereocenters. The summed E-state index contributed by atoms with van der Waals surface area (Å²) in [6.45, 7) is 2.90. The van der Waals surface area contributed by atoms with E-state index in [1.165, 1.54) is 12.1 Å². The molecule has 1 N–H and O–H groups in total. The van der Waals surface area contributed by atoms with Crippen LogP contribution in [-0.2, 0) is 4.74 Å². The molecule has 0 unspecified atom stereocenters. The average Bonchev–Trinajstić information content (AvgIpc) is 2.65. The summed E-state index contributed by atoms with van der Waals surface area (Å²) in [6.07, 6.45) is 0.790. The molecule has 10 heteroatoms. The lowest BCUT2D eigenvalue weighted by molar-refractivity contribution is -0.0171. The van der Waals surface area contributed by atoms with Crippen molar-refractivity contribution in [1.82, 2.24) is 9.55 Å². The van der Waals surface area contributed by atoms with E-state index in [4.69, 9.17) is 4.74 Å². The highest BCUT2D eigenvalue weighted by Crippen LogP contribution is 2.30. The molecule has 0 aliphatic carbocycles. The van der Waals surface area contributed by atoms with Gasteiger partial charge >= 0.3 is 5.97 Å². The Morgan fingerprint density at radius 3 is 2.40 bits per heavy atom. The second-order valence-corrected chi connectivity index (χ2v) is 7.32. The van der Waals surface area contributed by atoms with Crippen molar-refractivity contribution in [2.75, 3.05) is 25.1 Å². The number of rotatable bonds is 4. The van der Waals surface area contributed by atoms with Crippen LogP contribution in [0.15, 0.2) is 35.3 Å². The van der Waals surface area contributed by atoms with Crippen molar-refractivity contribution in [3.63, 3.8) is 0 Å². The summed E-state index contributed by atoms with van der Waals surface area (Å²) in [7, 11) is 1.58. The number of pyridine rings is 2. The molecule has 3 heterocycles. The molecule has 0 saturated carbocycles. The smallest absolute Gasteiger partial charge is 0.341 e. The van der Waals surface area contributed by atoms with Gasteiger partial charge in [-0.3, -0.25) is 9.36 Å². The van der Waals surface area contributed by atoms with Crippen molar-refractivity contribution in [1.29, 1.82) is 0 Å². The molecule has 3 aromatic rings. The van der Waals surface area contributed by atoms with Gasteiger partial charge in [-0.1, -0.05) is 0 Å². The first-order valence-electron chi connectivity index (χ1n) is 8.88. The van der Waals surface area contributed by atoms with Gasteiger partial charge in [0.25, 0.3) is 0 Å². The fourth-order valence-electron chi connectivity index (χ4n) is 3.51. The summed E-state index contributed by atoms with van der Waals surface area (Å²) >= 11 is 0. The van der Waals surface area contributed by atoms with Gasteiger partial charge in [-0.15, -0.1) is 0 Å². The zero-order valence-corrected chi connectivity index (χ0v) is 15.9. The first kappa shape index (κ1) is 19.9. The molecular weight excluding hydrogens is 403 g/mol. The summed E-state index contributed by atoms with van der Waals surface area (Å²) in [5, 5.41) is 9.21. The van der Waals surface area contributed by atoms with Crippen LogP contribution >= 0.6 is 0 Å². The molecule has 1 fully saturated rings. The second kappa shape index (κ2) is 6.84. The number of fused-ring (bicyclic) bond motifs is 1. The molecule has 1 saturated heterocycles. The number of ether oxygens (including phenoxy) is 1. The summed E-state index contributed by atoms with van der Waals surface area (Å²) in [4.78, 5) is 30.3. The molecule has 4 rings (SSSR count). The van der Waals surface area contributed by atoms with E-state index in [9.17, 15) is 27.9 Å². The zero-order valence-electron chi connectivity index (χ0n) is 15.9. The van der Waals surface area contributed by atoms with E-state index in [2.05, 4.69) is 4.98 Å². The number of carboxylic acid groups (broad SMARTS) is 1. The van der Waals surface area contributed by atoms with E-state index < -0.39 is 40.1 Å². The fraction of sp³-hybridized carbons (Fsp3) is 0.250. The van der Waals surface area contributed by atoms with Crippen LogP contribution in [0.4, 0.5) is 19.0 Å². The lowest BCUT2D eigenvalue weighted by atomic mass is 9.96. The number of hydrogen-bond acceptors (Lipinski definition) is 5. The van der Waals surface area contributed by atoms with Crippen LogP contribution in [0.3, 0.4) is 0 Å². The van der Waals surface area contributed by atoms with Crippen LogP contribution in [0.2, 0.25) is 0 Å². The van der Waals surface area contributed by atoms with Crippen molar-refractivity contribution in [3.8, 4) is 5.69 Å². The SMILES string of the molecule is COC1(C)CN(c2ccc3c(=O)c(C(=O)O)cn(-c4c(F)cc(F)cc4F)c3n2)C1. The van der Waals surface area contributed by atoms with Gasteiger partial charge in [-0.05, 0) is 19.1 Å². The largest absolute Gasteiger partial charge is 0.477 e. The van der Waals surface area contributed by atoms with Gasteiger partial charge < -0.3 is 14.7 Å². The van der Waals surface area contributed by atoms with E-state index in [1.54, 1.807) is 7.11 Å². The number of carboxylic acids is 1. The number of aromatic carboxylic acids is 1. The van der Waals surface area contributed by atoms with Gasteiger partial charge in [0.05, 0.1) is 11.0 Å². The molecule has 7 nitrogen and oxygen atoms in total. The van der Waals surface area contributed by atoms with Crippen molar-refractivity contribution in [2.24, 2.45) is 0 Å². The molecule has 156 valence electrons. The Morgan fingerprint density at radius 2 is 1.83 bits per heavy atom. The van der Waals surface area contributed by atoms with Gasteiger partial charge in [0, 0.05) is 38.5 Å². The molecule has 30 heavy (non-hydrogen) atoms. The van der Waals surface area contributed by atoms with Crippen molar-refractivity contribution in [3.05, 3.63) is 63.7 Å². The maximum atomic E-state index is 14.5. The van der Waals surface area contributed by atoms with E-state index in [-0.39, 0.29) is 16.6 Å². The monoisotopic (exact) mass is 419 g/mol. The Kier molecular flexibility index (Phi) is 4.53. The molecule has 2 aromatic heterocycles. The minimum Gasteiger partial charge on any atom is -0.477 e. The summed E-state index contributed by atoms with van der Waals surface area (Å²) in [6, 6.07) is 3.80. The first-order valence-corrected chi connectivity index (χ1v) is 8.88. The highest BCUT2D eigenvalue weighted by molar-refractivity contribution is 5.92. The van der Waals surface area contributed by atoms with Gasteiger partial charge in [-0.25, -0.2) is 22.9 Å². The van der Waals surface area contributed by atoms with Crippen LogP contribution in [-0.4, -0.2) is 46.4 Å². The lowest BCUT2D eigenvalue weighted by Gasteiger charge is -2.47. The number of carbonyl (C=O) groups is 1. The quantitative estimate of drug-likeness (QED) is 0.700. The summed E-state index contributed by atoms with van der Waals surface area (Å²) in [5.41, 5.74) is -2.81. The second-order valence-electron chi connectivity index (χ2n) is 7.32. The third-order valence-corrected chi connectivity index (χ3v) is 5.16. The topological polar surface area (TPSA) is 84.7 Å². The number of anilines is 1. The number of aromatic nitrogens is 2. The molecule has 0 spiro atoms. The molecule has 1 aromatic carbocycles. The number of halogens is 3. The highest BCUT2D eigenvalue weighted by atomic mass is 19.1. The van der Waals surface area contributed by atoms with Crippen LogP contribution in [0, 0.1) is 17.5 Å². The lowest BCUT2D eigenvalue weighted by Crippen LogP contribution is -2.61. The van der Waals surface area contributed by atoms with Gasteiger partial charge in [-0.2, -0.15) is 0 Å². The van der Waals surface area contributed by atoms with Crippen LogP contribution < -0.4 is 10.3 Å². The number of benzene rings is 1. The number of methoxy groups -OCH3 is 1. The molecule has 0 bridgehead atoms. The minimum atomic E-state index is -1.57. The Morgan fingerprint density at radius 1 is 1.20 bits per heavy atom. The summed E-state index contributed by atoms with van der Waals surface area (Å²) in [5.74, 6) is -4.82. The van der Waals surface area contributed by atoms with E-state index in [1.807, 2.05) is 11.8 Å². The Hall–Kier alpha value is -3.40. The van der Waals surface area contributed by atoms with Gasteiger partial charge in [0.2, 0.25) is 5.43 Å². The molecule has 1 aliphatic heterocycles. The van der Waals surface area contributed by atoms with E-state index >= 15 is 0 Å². The van der Waals surface area contributed by atoms with Gasteiger partial charge in [0.15, 0.2) is 17.3 Å². The predicted molar refractivity (Wildman–Crippen MR) is 102 cm³/mol. The van der Waals surface area contributed by atoms with E-state index in [0.717, 1.165) is 10.8 Å². The molecule has 0 amide bonds. The predicted octanol–water partition coefficient (Wildman–Crippen LogP) is 2.73. The maximum Gasteiger partial charge on any atom is 0.341 e. The zero-order chi connectivity index (χ0) is 21.8.